The fraction of sp³-hybridized carbons (Fsp3) is 1.00. The summed E-state index contributed by atoms with van der Waals surface area (Å²) in [6.07, 6.45) is 8.14. The van der Waals surface area contributed by atoms with Gasteiger partial charge in [-0.1, -0.05) is 40.0 Å². The van der Waals surface area contributed by atoms with Gasteiger partial charge in [-0.05, 0) is 45.2 Å². The number of hydrogen-bond donors (Lipinski definition) is 1. The van der Waals surface area contributed by atoms with E-state index in [0.717, 1.165) is 12.0 Å². The standard InChI is InChI=1S/C16H34N2/c1-5-7-9-16(8-6-2)18-11-10-15(4)17-12-14(3)13-18/h14-17H,5-13H2,1-4H3. The van der Waals surface area contributed by atoms with Gasteiger partial charge >= 0.3 is 0 Å². The van der Waals surface area contributed by atoms with Gasteiger partial charge in [-0.3, -0.25) is 0 Å². The van der Waals surface area contributed by atoms with Crippen LogP contribution in [0.4, 0.5) is 0 Å². The summed E-state index contributed by atoms with van der Waals surface area (Å²) in [5, 5.41) is 3.64. The summed E-state index contributed by atoms with van der Waals surface area (Å²) < 4.78 is 0. The zero-order valence-electron chi connectivity index (χ0n) is 13.0. The monoisotopic (exact) mass is 254 g/mol. The molecule has 2 nitrogen and oxygen atoms in total. The normalized spacial score (nSPS) is 28.7. The highest BCUT2D eigenvalue weighted by Crippen LogP contribution is 2.18. The number of nitrogens with zero attached hydrogens (tertiary/aromatic N) is 1. The van der Waals surface area contributed by atoms with Crippen LogP contribution >= 0.6 is 0 Å². The van der Waals surface area contributed by atoms with Crippen LogP contribution in [0.25, 0.3) is 0 Å². The Morgan fingerprint density at radius 3 is 2.61 bits per heavy atom. The van der Waals surface area contributed by atoms with Crippen molar-refractivity contribution in [2.75, 3.05) is 19.6 Å². The Labute approximate surface area is 115 Å². The van der Waals surface area contributed by atoms with E-state index in [-0.39, 0.29) is 0 Å². The average Bonchev–Trinajstić information content (AvgIpc) is 2.35. The van der Waals surface area contributed by atoms with Gasteiger partial charge in [0.1, 0.15) is 0 Å². The van der Waals surface area contributed by atoms with Crippen molar-refractivity contribution in [3.63, 3.8) is 0 Å². The first-order chi connectivity index (χ1) is 8.67. The second-order valence-corrected chi connectivity index (χ2v) is 6.28. The maximum atomic E-state index is 3.64. The van der Waals surface area contributed by atoms with Crippen LogP contribution < -0.4 is 5.32 Å². The lowest BCUT2D eigenvalue weighted by atomic mass is 9.99. The molecule has 108 valence electrons. The fourth-order valence-corrected chi connectivity index (χ4v) is 3.03. The Morgan fingerprint density at radius 1 is 1.17 bits per heavy atom. The molecule has 0 aromatic rings. The summed E-state index contributed by atoms with van der Waals surface area (Å²) in [4.78, 5) is 2.79. The van der Waals surface area contributed by atoms with Gasteiger partial charge in [-0.15, -0.1) is 0 Å². The van der Waals surface area contributed by atoms with E-state index in [2.05, 4.69) is 37.9 Å². The van der Waals surface area contributed by atoms with Gasteiger partial charge in [-0.25, -0.2) is 0 Å². The molecule has 1 aliphatic rings. The fourth-order valence-electron chi connectivity index (χ4n) is 3.03. The van der Waals surface area contributed by atoms with Crippen LogP contribution in [-0.2, 0) is 0 Å². The third-order valence-electron chi connectivity index (χ3n) is 4.24. The minimum Gasteiger partial charge on any atom is -0.314 e. The van der Waals surface area contributed by atoms with Crippen LogP contribution in [0.1, 0.15) is 66.2 Å². The molecule has 0 aromatic carbocycles. The van der Waals surface area contributed by atoms with E-state index in [1.165, 1.54) is 58.2 Å². The van der Waals surface area contributed by atoms with Gasteiger partial charge in [0.15, 0.2) is 0 Å². The molecule has 0 aliphatic carbocycles. The maximum absolute atomic E-state index is 3.64. The largest absolute Gasteiger partial charge is 0.314 e. The van der Waals surface area contributed by atoms with Gasteiger partial charge in [0.2, 0.25) is 0 Å². The van der Waals surface area contributed by atoms with E-state index in [9.17, 15) is 0 Å². The molecule has 1 fully saturated rings. The van der Waals surface area contributed by atoms with Crippen molar-refractivity contribution in [2.24, 2.45) is 5.92 Å². The summed E-state index contributed by atoms with van der Waals surface area (Å²) >= 11 is 0. The van der Waals surface area contributed by atoms with Gasteiger partial charge in [-0.2, -0.15) is 0 Å². The summed E-state index contributed by atoms with van der Waals surface area (Å²) in [5.41, 5.74) is 0. The number of hydrogen-bond acceptors (Lipinski definition) is 2. The van der Waals surface area contributed by atoms with Crippen LogP contribution in [0.2, 0.25) is 0 Å². The van der Waals surface area contributed by atoms with Gasteiger partial charge < -0.3 is 10.2 Å². The molecule has 0 aromatic heterocycles. The third kappa shape index (κ3) is 5.71. The molecule has 1 rings (SSSR count). The molecule has 1 saturated heterocycles. The van der Waals surface area contributed by atoms with Gasteiger partial charge in [0.25, 0.3) is 0 Å². The molecule has 0 saturated carbocycles. The second kappa shape index (κ2) is 8.92. The van der Waals surface area contributed by atoms with Gasteiger partial charge in [0, 0.05) is 18.6 Å². The topological polar surface area (TPSA) is 15.3 Å². The molecule has 0 radical (unpaired) electrons. The Bertz CT molecular complexity index is 205. The molecule has 0 spiro atoms. The first kappa shape index (κ1) is 16.0. The Hall–Kier alpha value is -0.0800. The lowest BCUT2D eigenvalue weighted by Gasteiger charge is -2.37. The molecular formula is C16H34N2. The smallest absolute Gasteiger partial charge is 0.00952 e. The van der Waals surface area contributed by atoms with Crippen LogP contribution in [-0.4, -0.2) is 36.6 Å². The molecule has 0 bridgehead atoms. The van der Waals surface area contributed by atoms with Crippen LogP contribution in [0.5, 0.6) is 0 Å². The van der Waals surface area contributed by atoms with Crippen molar-refractivity contribution >= 4 is 0 Å². The summed E-state index contributed by atoms with van der Waals surface area (Å²) in [6.45, 7) is 13.1. The van der Waals surface area contributed by atoms with Crippen molar-refractivity contribution in [2.45, 2.75) is 78.3 Å². The quantitative estimate of drug-likeness (QED) is 0.778. The Morgan fingerprint density at radius 2 is 1.94 bits per heavy atom. The molecule has 2 heteroatoms. The van der Waals surface area contributed by atoms with Crippen molar-refractivity contribution < 1.29 is 0 Å². The van der Waals surface area contributed by atoms with E-state index in [4.69, 9.17) is 0 Å². The van der Waals surface area contributed by atoms with Crippen LogP contribution in [0, 0.1) is 5.92 Å². The number of rotatable bonds is 6. The van der Waals surface area contributed by atoms with E-state index < -0.39 is 0 Å². The Kier molecular flexibility index (Phi) is 7.92. The summed E-state index contributed by atoms with van der Waals surface area (Å²) in [7, 11) is 0. The first-order valence-electron chi connectivity index (χ1n) is 8.14. The lowest BCUT2D eigenvalue weighted by Crippen LogP contribution is -2.46. The van der Waals surface area contributed by atoms with Crippen LogP contribution in [0.3, 0.4) is 0 Å². The molecular weight excluding hydrogens is 220 g/mol. The molecule has 3 atom stereocenters. The maximum Gasteiger partial charge on any atom is 0.00952 e. The van der Waals surface area contributed by atoms with E-state index in [1.54, 1.807) is 0 Å². The molecule has 1 aliphatic heterocycles. The zero-order valence-corrected chi connectivity index (χ0v) is 13.0. The van der Waals surface area contributed by atoms with Crippen molar-refractivity contribution in [3.05, 3.63) is 0 Å². The minimum atomic E-state index is 0.684. The highest BCUT2D eigenvalue weighted by molar-refractivity contribution is 4.79. The van der Waals surface area contributed by atoms with E-state index >= 15 is 0 Å². The lowest BCUT2D eigenvalue weighted by molar-refractivity contribution is 0.131. The predicted octanol–water partition coefficient (Wildman–Crippen LogP) is 3.67. The van der Waals surface area contributed by atoms with Crippen LogP contribution in [0.15, 0.2) is 0 Å². The van der Waals surface area contributed by atoms with E-state index in [1.807, 2.05) is 0 Å². The molecule has 0 amide bonds. The molecule has 1 heterocycles. The predicted molar refractivity (Wildman–Crippen MR) is 81.0 cm³/mol. The average molecular weight is 254 g/mol. The Balaban J connectivity index is 2.55. The van der Waals surface area contributed by atoms with Crippen molar-refractivity contribution in [1.29, 1.82) is 0 Å². The summed E-state index contributed by atoms with van der Waals surface area (Å²) in [6, 6.07) is 1.52. The highest BCUT2D eigenvalue weighted by atomic mass is 15.2. The molecule has 3 unspecified atom stereocenters. The van der Waals surface area contributed by atoms with Crippen molar-refractivity contribution in [1.82, 2.24) is 10.2 Å². The second-order valence-electron chi connectivity index (χ2n) is 6.28. The SMILES string of the molecule is CCCCC(CCC)N1CCC(C)NCC(C)C1. The number of nitrogens with one attached hydrogen (secondary N) is 1. The zero-order chi connectivity index (χ0) is 13.4. The number of unbranched alkanes of at least 4 members (excludes halogenated alkanes) is 1. The summed E-state index contributed by atoms with van der Waals surface area (Å²) in [5.74, 6) is 0.786. The minimum absolute atomic E-state index is 0.684. The van der Waals surface area contributed by atoms with E-state index in [0.29, 0.717) is 6.04 Å². The highest BCUT2D eigenvalue weighted by Gasteiger charge is 2.22. The van der Waals surface area contributed by atoms with Crippen molar-refractivity contribution in [3.8, 4) is 0 Å². The molecule has 1 N–H and O–H groups in total. The van der Waals surface area contributed by atoms with Gasteiger partial charge in [0.05, 0.1) is 0 Å². The molecule has 18 heavy (non-hydrogen) atoms. The first-order valence-corrected chi connectivity index (χ1v) is 8.14. The third-order valence-corrected chi connectivity index (χ3v) is 4.24.